The van der Waals surface area contributed by atoms with Crippen LogP contribution in [0.4, 0.5) is 0 Å². The topological polar surface area (TPSA) is 43.4 Å². The summed E-state index contributed by atoms with van der Waals surface area (Å²) in [5.74, 6) is 0.645. The van der Waals surface area contributed by atoms with E-state index in [2.05, 4.69) is 20.8 Å². The van der Waals surface area contributed by atoms with Crippen molar-refractivity contribution < 1.29 is 13.2 Å². The van der Waals surface area contributed by atoms with Gasteiger partial charge < -0.3 is 4.74 Å². The minimum absolute atomic E-state index is 0.0515. The van der Waals surface area contributed by atoms with Gasteiger partial charge in [0, 0.05) is 16.1 Å². The predicted molar refractivity (Wildman–Crippen MR) is 75.4 cm³/mol. The van der Waals surface area contributed by atoms with Crippen LogP contribution in [0.1, 0.15) is 52.9 Å². The smallest absolute Gasteiger partial charge is 0.233 e. The molecule has 18 heavy (non-hydrogen) atoms. The fraction of sp³-hybridized carbons (Fsp3) is 1.00. The van der Waals surface area contributed by atoms with Crippen LogP contribution < -0.4 is 0 Å². The number of ether oxygens (including phenoxy) is 1. The molecule has 0 aromatic heterocycles. The molecular formula is C13H25ClO3S. The van der Waals surface area contributed by atoms with Gasteiger partial charge in [0.25, 0.3) is 0 Å². The molecule has 0 saturated heterocycles. The van der Waals surface area contributed by atoms with E-state index in [9.17, 15) is 8.42 Å². The monoisotopic (exact) mass is 296 g/mol. The maximum absolute atomic E-state index is 11.3. The molecule has 0 bridgehead atoms. The zero-order valence-corrected chi connectivity index (χ0v) is 13.2. The van der Waals surface area contributed by atoms with Crippen LogP contribution in [0.15, 0.2) is 0 Å². The molecule has 1 atom stereocenters. The first-order valence-electron chi connectivity index (χ1n) is 6.76. The van der Waals surface area contributed by atoms with Gasteiger partial charge in [-0.15, -0.1) is 0 Å². The highest BCUT2D eigenvalue weighted by Crippen LogP contribution is 2.40. The van der Waals surface area contributed by atoms with Gasteiger partial charge in [-0.25, -0.2) is 8.42 Å². The van der Waals surface area contributed by atoms with Gasteiger partial charge in [0.15, 0.2) is 0 Å². The van der Waals surface area contributed by atoms with Crippen LogP contribution in [0.3, 0.4) is 0 Å². The number of rotatable bonds is 7. The molecule has 1 aliphatic rings. The predicted octanol–water partition coefficient (Wildman–Crippen LogP) is 3.57. The maximum atomic E-state index is 11.3. The lowest BCUT2D eigenvalue weighted by Crippen LogP contribution is -2.32. The standard InChI is InChI=1S/C13H25ClO3S/c1-11(2)8-12(3)17-9-13(6-4-5-7-13)10-18(14,15)16/h11-12H,4-10H2,1-3H3. The van der Waals surface area contributed by atoms with E-state index in [-0.39, 0.29) is 17.3 Å². The molecule has 0 N–H and O–H groups in total. The number of halogens is 1. The van der Waals surface area contributed by atoms with Crippen LogP contribution in [-0.4, -0.2) is 26.9 Å². The van der Waals surface area contributed by atoms with Gasteiger partial charge in [-0.1, -0.05) is 26.7 Å². The van der Waals surface area contributed by atoms with Crippen molar-refractivity contribution in [2.75, 3.05) is 12.4 Å². The Kier molecular flexibility index (Phi) is 5.94. The van der Waals surface area contributed by atoms with Gasteiger partial charge >= 0.3 is 0 Å². The molecule has 1 fully saturated rings. The van der Waals surface area contributed by atoms with E-state index in [1.807, 2.05) is 0 Å². The highest BCUT2D eigenvalue weighted by atomic mass is 35.7. The summed E-state index contributed by atoms with van der Waals surface area (Å²) in [6.07, 6.45) is 5.16. The molecule has 0 aromatic rings. The van der Waals surface area contributed by atoms with Gasteiger partial charge in [0.1, 0.15) is 0 Å². The summed E-state index contributed by atoms with van der Waals surface area (Å²) in [4.78, 5) is 0. The molecule has 5 heteroatoms. The van der Waals surface area contributed by atoms with Crippen molar-refractivity contribution in [3.05, 3.63) is 0 Å². The Hall–Kier alpha value is 0.200. The Morgan fingerprint density at radius 1 is 1.22 bits per heavy atom. The molecule has 108 valence electrons. The fourth-order valence-electron chi connectivity index (χ4n) is 2.87. The van der Waals surface area contributed by atoms with Crippen molar-refractivity contribution in [3.8, 4) is 0 Å². The molecule has 0 amide bonds. The normalized spacial score (nSPS) is 21.4. The van der Waals surface area contributed by atoms with Gasteiger partial charge in [-0.3, -0.25) is 0 Å². The van der Waals surface area contributed by atoms with E-state index in [0.717, 1.165) is 32.1 Å². The summed E-state index contributed by atoms with van der Waals surface area (Å²) in [6, 6.07) is 0. The second-order valence-electron chi connectivity index (χ2n) is 6.14. The maximum Gasteiger partial charge on any atom is 0.233 e. The third-order valence-corrected chi connectivity index (χ3v) is 4.90. The van der Waals surface area contributed by atoms with Crippen molar-refractivity contribution in [1.82, 2.24) is 0 Å². The van der Waals surface area contributed by atoms with Crippen LogP contribution in [0, 0.1) is 11.3 Å². The molecule has 0 spiro atoms. The fourth-order valence-corrected chi connectivity index (χ4v) is 4.67. The van der Waals surface area contributed by atoms with Crippen LogP contribution in [0.5, 0.6) is 0 Å². The van der Waals surface area contributed by atoms with Gasteiger partial charge in [-0.05, 0) is 32.1 Å². The molecule has 0 aliphatic heterocycles. The van der Waals surface area contributed by atoms with E-state index in [1.165, 1.54) is 0 Å². The second kappa shape index (κ2) is 6.58. The van der Waals surface area contributed by atoms with Crippen molar-refractivity contribution in [1.29, 1.82) is 0 Å². The molecular weight excluding hydrogens is 272 g/mol. The molecule has 1 aliphatic carbocycles. The van der Waals surface area contributed by atoms with Crippen LogP contribution in [0.25, 0.3) is 0 Å². The summed E-state index contributed by atoms with van der Waals surface area (Å²) < 4.78 is 28.5. The van der Waals surface area contributed by atoms with Gasteiger partial charge in [-0.2, -0.15) is 0 Å². The van der Waals surface area contributed by atoms with E-state index >= 15 is 0 Å². The molecule has 1 rings (SSSR count). The zero-order chi connectivity index (χ0) is 13.8. The Balaban J connectivity index is 2.53. The van der Waals surface area contributed by atoms with Crippen LogP contribution >= 0.6 is 10.7 Å². The first-order chi connectivity index (χ1) is 8.22. The molecule has 1 saturated carbocycles. The van der Waals surface area contributed by atoms with E-state index in [1.54, 1.807) is 0 Å². The van der Waals surface area contributed by atoms with Gasteiger partial charge in [0.05, 0.1) is 18.5 Å². The van der Waals surface area contributed by atoms with E-state index in [4.69, 9.17) is 15.4 Å². The third-order valence-electron chi connectivity index (χ3n) is 3.62. The Labute approximate surface area is 116 Å². The summed E-state index contributed by atoms with van der Waals surface area (Å²) in [6.45, 7) is 6.90. The average Bonchev–Trinajstić information content (AvgIpc) is 2.60. The molecule has 0 heterocycles. The minimum atomic E-state index is -3.44. The summed E-state index contributed by atoms with van der Waals surface area (Å²) in [5.41, 5.74) is -0.244. The minimum Gasteiger partial charge on any atom is -0.378 e. The number of hydrogen-bond donors (Lipinski definition) is 0. The summed E-state index contributed by atoms with van der Waals surface area (Å²) in [7, 11) is 1.97. The summed E-state index contributed by atoms with van der Waals surface area (Å²) in [5, 5.41) is 0. The lowest BCUT2D eigenvalue weighted by molar-refractivity contribution is 0.0000264. The van der Waals surface area contributed by atoms with Crippen molar-refractivity contribution in [3.63, 3.8) is 0 Å². The highest BCUT2D eigenvalue weighted by Gasteiger charge is 2.38. The molecule has 0 radical (unpaired) electrons. The largest absolute Gasteiger partial charge is 0.378 e. The quantitative estimate of drug-likeness (QED) is 0.675. The third kappa shape index (κ3) is 5.89. The lowest BCUT2D eigenvalue weighted by Gasteiger charge is -2.29. The SMILES string of the molecule is CC(C)CC(C)OCC1(CS(=O)(=O)Cl)CCCC1. The summed E-state index contributed by atoms with van der Waals surface area (Å²) >= 11 is 0. The van der Waals surface area contributed by atoms with Crippen LogP contribution in [-0.2, 0) is 13.8 Å². The average molecular weight is 297 g/mol. The second-order valence-corrected chi connectivity index (χ2v) is 8.92. The van der Waals surface area contributed by atoms with E-state index in [0.29, 0.717) is 12.5 Å². The highest BCUT2D eigenvalue weighted by molar-refractivity contribution is 8.13. The van der Waals surface area contributed by atoms with Gasteiger partial charge in [0.2, 0.25) is 9.05 Å². The van der Waals surface area contributed by atoms with Crippen molar-refractivity contribution in [2.45, 2.75) is 59.0 Å². The molecule has 0 aromatic carbocycles. The Morgan fingerprint density at radius 2 is 1.78 bits per heavy atom. The Morgan fingerprint density at radius 3 is 2.22 bits per heavy atom. The molecule has 3 nitrogen and oxygen atoms in total. The lowest BCUT2D eigenvalue weighted by atomic mass is 9.89. The zero-order valence-electron chi connectivity index (χ0n) is 11.6. The number of hydrogen-bond acceptors (Lipinski definition) is 3. The van der Waals surface area contributed by atoms with Crippen molar-refractivity contribution >= 4 is 19.7 Å². The Bertz CT molecular complexity index is 345. The van der Waals surface area contributed by atoms with Crippen molar-refractivity contribution in [2.24, 2.45) is 11.3 Å². The first kappa shape index (κ1) is 16.3. The van der Waals surface area contributed by atoms with Crippen LogP contribution in [0.2, 0.25) is 0 Å². The first-order valence-corrected chi connectivity index (χ1v) is 9.24. The van der Waals surface area contributed by atoms with E-state index < -0.39 is 9.05 Å². The molecule has 1 unspecified atom stereocenters.